The molecule has 2 fully saturated rings. The molecule has 2 heterocycles. The van der Waals surface area contributed by atoms with Gasteiger partial charge in [0.05, 0.1) is 33.1 Å². The van der Waals surface area contributed by atoms with Crippen molar-refractivity contribution in [3.8, 4) is 11.5 Å². The molecule has 12 heteroatoms. The molecule has 1 N–H and O–H groups in total. The first-order valence-electron chi connectivity index (χ1n) is 16.3. The van der Waals surface area contributed by atoms with Crippen LogP contribution in [0.4, 0.5) is 8.78 Å². The molecule has 10 nitrogen and oxygen atoms in total. The van der Waals surface area contributed by atoms with Gasteiger partial charge >= 0.3 is 0 Å². The third-order valence-corrected chi connectivity index (χ3v) is 8.76. The van der Waals surface area contributed by atoms with Gasteiger partial charge in [-0.2, -0.15) is 0 Å². The quantitative estimate of drug-likeness (QED) is 0.464. The number of ether oxygens (including phenoxy) is 2. The highest BCUT2D eigenvalue weighted by atomic mass is 19.2. The third-order valence-electron chi connectivity index (χ3n) is 8.76. The fraction of sp³-hybridized carbons (Fsp3) is 0.543. The average molecular weight is 657 g/mol. The van der Waals surface area contributed by atoms with Crippen molar-refractivity contribution >= 4 is 23.6 Å². The number of amides is 4. The Labute approximate surface area is 275 Å². The van der Waals surface area contributed by atoms with Gasteiger partial charge in [0.2, 0.25) is 23.6 Å². The average Bonchev–Trinajstić information content (AvgIpc) is 3.48. The number of fused-ring (bicyclic) bond motifs is 2. The Bertz CT molecular complexity index is 1440. The summed E-state index contributed by atoms with van der Waals surface area (Å²) in [6, 6.07) is 7.77. The van der Waals surface area contributed by atoms with Crippen LogP contribution in [0.5, 0.6) is 11.5 Å². The Morgan fingerprint density at radius 3 is 2.36 bits per heavy atom. The number of nitrogens with zero attached hydrogens (tertiary/aromatic N) is 3. The van der Waals surface area contributed by atoms with E-state index in [1.165, 1.54) is 17.0 Å². The molecule has 0 aliphatic carbocycles. The van der Waals surface area contributed by atoms with Crippen molar-refractivity contribution in [2.45, 2.75) is 70.9 Å². The maximum Gasteiger partial charge on any atom is 0.242 e. The first kappa shape index (κ1) is 35.6. The molecule has 2 aliphatic heterocycles. The number of likely N-dealkylation sites (tertiary alicyclic amines) is 1. The molecule has 47 heavy (non-hydrogen) atoms. The Morgan fingerprint density at radius 1 is 0.894 bits per heavy atom. The number of rotatable bonds is 8. The monoisotopic (exact) mass is 656 g/mol. The molecule has 256 valence electrons. The molecule has 0 unspecified atom stereocenters. The molecule has 2 atom stereocenters. The molecule has 2 aromatic rings. The first-order chi connectivity index (χ1) is 22.5. The minimum atomic E-state index is -1.09. The molecule has 4 amide bonds. The van der Waals surface area contributed by atoms with Crippen molar-refractivity contribution in [1.29, 1.82) is 0 Å². The molecule has 0 saturated carbocycles. The van der Waals surface area contributed by atoms with Crippen LogP contribution in [0.2, 0.25) is 0 Å². The van der Waals surface area contributed by atoms with Gasteiger partial charge in [0, 0.05) is 44.7 Å². The summed E-state index contributed by atoms with van der Waals surface area (Å²) in [7, 11) is 3.10. The van der Waals surface area contributed by atoms with E-state index in [1.807, 2.05) is 19.9 Å². The number of benzene rings is 2. The van der Waals surface area contributed by atoms with Gasteiger partial charge in [0.1, 0.15) is 6.04 Å². The Hall–Kier alpha value is -4.22. The smallest absolute Gasteiger partial charge is 0.242 e. The summed E-state index contributed by atoms with van der Waals surface area (Å²) in [5, 5.41) is 2.92. The van der Waals surface area contributed by atoms with Crippen molar-refractivity contribution in [2.75, 3.05) is 46.9 Å². The summed E-state index contributed by atoms with van der Waals surface area (Å²) in [6.45, 7) is 5.59. The molecule has 0 aromatic heterocycles. The number of halogens is 2. The van der Waals surface area contributed by atoms with E-state index in [0.29, 0.717) is 56.9 Å². The minimum absolute atomic E-state index is 0.0595. The molecular weight excluding hydrogens is 610 g/mol. The molecular formula is C35H46F2N4O6. The van der Waals surface area contributed by atoms with Gasteiger partial charge in [-0.1, -0.05) is 32.0 Å². The molecule has 2 bridgehead atoms. The van der Waals surface area contributed by atoms with Crippen LogP contribution >= 0.6 is 0 Å². The van der Waals surface area contributed by atoms with Gasteiger partial charge in [-0.05, 0) is 55.4 Å². The first-order valence-corrected chi connectivity index (χ1v) is 16.3. The molecule has 2 aliphatic rings. The zero-order chi connectivity index (χ0) is 34.1. The predicted octanol–water partition coefficient (Wildman–Crippen LogP) is 3.74. The van der Waals surface area contributed by atoms with Gasteiger partial charge < -0.3 is 29.5 Å². The van der Waals surface area contributed by atoms with E-state index in [4.69, 9.17) is 9.47 Å². The lowest BCUT2D eigenvalue weighted by Gasteiger charge is -2.31. The second-order valence-electron chi connectivity index (χ2n) is 12.6. The highest BCUT2D eigenvalue weighted by molar-refractivity contribution is 5.89. The van der Waals surface area contributed by atoms with Crippen molar-refractivity contribution in [3.05, 3.63) is 59.2 Å². The van der Waals surface area contributed by atoms with Crippen molar-refractivity contribution in [3.63, 3.8) is 0 Å². The van der Waals surface area contributed by atoms with E-state index < -0.39 is 36.0 Å². The standard InChI is InChI=1S/C35H46F2N4O6/c1-23(2)17-32(43)40-16-8-15-39(31(42)19-24-11-12-29(46-3)30(18-24)47-4)14-6-5-13-38-35(45)28-21-26(40)22-41(28)33(44)20-25-9-7-10-27(36)34(25)37/h7,9-12,18,23,26,28H,5-6,8,13-17,19-22H2,1-4H3,(H,38,45)/t26-,28-/m0/s1. The van der Waals surface area contributed by atoms with Gasteiger partial charge in [-0.25, -0.2) is 8.78 Å². The number of nitrogens with one attached hydrogen (secondary N) is 1. The van der Waals surface area contributed by atoms with E-state index in [2.05, 4.69) is 5.32 Å². The third kappa shape index (κ3) is 9.20. The number of hydrogen-bond acceptors (Lipinski definition) is 6. The van der Waals surface area contributed by atoms with E-state index in [-0.39, 0.29) is 55.0 Å². The maximum absolute atomic E-state index is 14.4. The predicted molar refractivity (Wildman–Crippen MR) is 172 cm³/mol. The summed E-state index contributed by atoms with van der Waals surface area (Å²) in [6.07, 6.45) is 2.05. The summed E-state index contributed by atoms with van der Waals surface area (Å²) in [4.78, 5) is 59.0. The molecule has 0 spiro atoms. The largest absolute Gasteiger partial charge is 0.493 e. The SMILES string of the molecule is COc1ccc(CC(=O)N2CCCCNC(=O)[C@@H]3C[C@@H](CN3C(=O)Cc3cccc(F)c3F)N(C(=O)CC(C)C)CCC2)cc1OC. The van der Waals surface area contributed by atoms with Crippen LogP contribution in [-0.4, -0.2) is 97.4 Å². The van der Waals surface area contributed by atoms with E-state index in [9.17, 15) is 28.0 Å². The molecule has 2 saturated heterocycles. The van der Waals surface area contributed by atoms with Gasteiger partial charge in [-0.3, -0.25) is 19.2 Å². The van der Waals surface area contributed by atoms with Crippen LogP contribution in [0.15, 0.2) is 36.4 Å². The fourth-order valence-corrected chi connectivity index (χ4v) is 6.32. The number of carbonyl (C=O) groups is 4. The lowest BCUT2D eigenvalue weighted by atomic mass is 10.1. The number of methoxy groups -OCH3 is 2. The fourth-order valence-electron chi connectivity index (χ4n) is 6.32. The van der Waals surface area contributed by atoms with Crippen LogP contribution in [0, 0.1) is 17.6 Å². The Kier molecular flexibility index (Phi) is 12.6. The second kappa shape index (κ2) is 16.6. The van der Waals surface area contributed by atoms with Crippen molar-refractivity contribution in [1.82, 2.24) is 20.0 Å². The number of hydrogen-bond donors (Lipinski definition) is 1. The van der Waals surface area contributed by atoms with Crippen LogP contribution in [0.1, 0.15) is 57.1 Å². The molecule has 0 radical (unpaired) electrons. The van der Waals surface area contributed by atoms with Gasteiger partial charge in [0.25, 0.3) is 0 Å². The lowest BCUT2D eigenvalue weighted by Crippen LogP contribution is -2.47. The molecule has 2 aromatic carbocycles. The second-order valence-corrected chi connectivity index (χ2v) is 12.6. The van der Waals surface area contributed by atoms with Crippen LogP contribution in [0.3, 0.4) is 0 Å². The normalized spacial score (nSPS) is 19.3. The van der Waals surface area contributed by atoms with Crippen molar-refractivity contribution in [2.24, 2.45) is 5.92 Å². The Morgan fingerprint density at radius 2 is 1.64 bits per heavy atom. The zero-order valence-electron chi connectivity index (χ0n) is 27.7. The summed E-state index contributed by atoms with van der Waals surface area (Å²) < 4.78 is 39.0. The lowest BCUT2D eigenvalue weighted by molar-refractivity contribution is -0.138. The van der Waals surface area contributed by atoms with E-state index >= 15 is 0 Å². The number of carbonyl (C=O) groups excluding carboxylic acids is 4. The van der Waals surface area contributed by atoms with Gasteiger partial charge in [0.15, 0.2) is 23.1 Å². The van der Waals surface area contributed by atoms with E-state index in [1.54, 1.807) is 36.2 Å². The topological polar surface area (TPSA) is 108 Å². The maximum atomic E-state index is 14.4. The summed E-state index contributed by atoms with van der Waals surface area (Å²) in [5.74, 6) is -1.95. The van der Waals surface area contributed by atoms with Crippen molar-refractivity contribution < 1.29 is 37.4 Å². The zero-order valence-corrected chi connectivity index (χ0v) is 27.7. The Balaban J connectivity index is 1.53. The summed E-state index contributed by atoms with van der Waals surface area (Å²) >= 11 is 0. The summed E-state index contributed by atoms with van der Waals surface area (Å²) in [5.41, 5.74) is 0.696. The van der Waals surface area contributed by atoms with Crippen LogP contribution in [0.25, 0.3) is 0 Å². The molecule has 4 rings (SSSR count). The van der Waals surface area contributed by atoms with Crippen LogP contribution in [-0.2, 0) is 32.0 Å². The minimum Gasteiger partial charge on any atom is -0.493 e. The van der Waals surface area contributed by atoms with E-state index in [0.717, 1.165) is 11.6 Å². The van der Waals surface area contributed by atoms with Crippen LogP contribution < -0.4 is 14.8 Å². The highest BCUT2D eigenvalue weighted by Crippen LogP contribution is 2.29. The van der Waals surface area contributed by atoms with Gasteiger partial charge in [-0.15, -0.1) is 0 Å². The highest BCUT2D eigenvalue weighted by Gasteiger charge is 2.43.